The van der Waals surface area contributed by atoms with E-state index in [9.17, 15) is 40.8 Å². The minimum Gasteiger partial charge on any atom is -0.444 e. The first kappa shape index (κ1) is 40.0. The molecular formula is C35H46N6O10S2. The fraction of sp³-hybridized carbons (Fsp3) is 0.514. The van der Waals surface area contributed by atoms with Gasteiger partial charge in [0.2, 0.25) is 20.0 Å². The lowest BCUT2D eigenvalue weighted by Gasteiger charge is -2.32. The number of ether oxygens (including phenoxy) is 1. The molecule has 2 saturated heterocycles. The predicted octanol–water partition coefficient (Wildman–Crippen LogP) is 1.64. The van der Waals surface area contributed by atoms with Crippen LogP contribution in [-0.4, -0.2) is 133 Å². The van der Waals surface area contributed by atoms with E-state index < -0.39 is 55.4 Å². The zero-order chi connectivity index (χ0) is 38.7. The van der Waals surface area contributed by atoms with E-state index in [2.05, 4.69) is 5.32 Å². The molecule has 16 nitrogen and oxygen atoms in total. The Morgan fingerprint density at radius 3 is 1.36 bits per heavy atom. The second kappa shape index (κ2) is 16.0. The predicted molar refractivity (Wildman–Crippen MR) is 194 cm³/mol. The topological polar surface area (TPSA) is 214 Å². The van der Waals surface area contributed by atoms with Gasteiger partial charge in [-0.25, -0.2) is 30.2 Å². The Hall–Kier alpha value is -4.23. The molecule has 2 aromatic carbocycles. The Labute approximate surface area is 309 Å². The molecule has 6 rings (SSSR count). The number of imide groups is 2. The average molecular weight is 775 g/mol. The smallest absolute Gasteiger partial charge is 0.407 e. The van der Waals surface area contributed by atoms with Gasteiger partial charge < -0.3 is 15.8 Å². The van der Waals surface area contributed by atoms with Gasteiger partial charge in [0.25, 0.3) is 23.6 Å². The number of hydrogen-bond acceptors (Lipinski definition) is 11. The molecule has 288 valence electrons. The Balaban J connectivity index is 0.000000211. The molecule has 2 fully saturated rings. The average Bonchev–Trinajstić information content (AvgIpc) is 3.49. The molecule has 0 atom stereocenters. The molecule has 0 aromatic heterocycles. The number of alkyl carbamates (subject to hydrolysis) is 1. The lowest BCUT2D eigenvalue weighted by atomic mass is 10.1. The van der Waals surface area contributed by atoms with Crippen LogP contribution in [0.1, 0.15) is 87.9 Å². The number of rotatable bonds is 9. The number of nitrogens with zero attached hydrogens (tertiary/aromatic N) is 4. The summed E-state index contributed by atoms with van der Waals surface area (Å²) in [6.45, 7) is 6.30. The molecular weight excluding hydrogens is 729 g/mol. The normalized spacial score (nSPS) is 19.2. The first-order valence-electron chi connectivity index (χ1n) is 17.5. The molecule has 0 bridgehead atoms. The van der Waals surface area contributed by atoms with Crippen molar-refractivity contribution in [3.63, 3.8) is 0 Å². The number of nitrogens with one attached hydrogen (secondary N) is 1. The van der Waals surface area contributed by atoms with E-state index in [0.29, 0.717) is 61.0 Å². The molecule has 0 spiro atoms. The maximum Gasteiger partial charge on any atom is 0.407 e. The molecule has 0 aliphatic carbocycles. The first-order chi connectivity index (χ1) is 24.9. The van der Waals surface area contributed by atoms with Crippen molar-refractivity contribution < 1.29 is 45.5 Å². The standard InChI is InChI=1S/C20H27N3O6S.C15H19N3O4S/c1-20(2,3)29-19(26)21-14-8-10-22(11-9-14)30(27,28)13-12-23-17(24)15-6-4-5-7-16(15)18(23)25;16-11-5-7-17(8-6-11)23(21,22)10-9-18-14(19)12-3-1-2-4-13(12)15(18)20/h4-7,14H,8-13H2,1-3H3,(H,21,26);1-4,11H,5-10,16H2. The molecule has 2 aromatic rings. The molecule has 18 heteroatoms. The van der Waals surface area contributed by atoms with E-state index in [0.717, 1.165) is 9.80 Å². The number of fused-ring (bicyclic) bond motifs is 2. The van der Waals surface area contributed by atoms with Crippen LogP contribution in [0, 0.1) is 0 Å². The van der Waals surface area contributed by atoms with E-state index >= 15 is 0 Å². The number of benzene rings is 2. The maximum atomic E-state index is 12.7. The molecule has 4 heterocycles. The van der Waals surface area contributed by atoms with E-state index in [1.807, 2.05) is 0 Å². The number of hydrogen-bond donors (Lipinski definition) is 2. The highest BCUT2D eigenvalue weighted by Gasteiger charge is 2.38. The Morgan fingerprint density at radius 2 is 1.02 bits per heavy atom. The maximum absolute atomic E-state index is 12.7. The molecule has 53 heavy (non-hydrogen) atoms. The molecule has 4 aliphatic rings. The van der Waals surface area contributed by atoms with Crippen LogP contribution >= 0.6 is 0 Å². The van der Waals surface area contributed by atoms with Crippen molar-refractivity contribution in [2.75, 3.05) is 50.8 Å². The van der Waals surface area contributed by atoms with Crippen molar-refractivity contribution in [2.24, 2.45) is 5.73 Å². The number of carbonyl (C=O) groups excluding carboxylic acids is 5. The van der Waals surface area contributed by atoms with Gasteiger partial charge in [-0.15, -0.1) is 0 Å². The minimum atomic E-state index is -3.64. The van der Waals surface area contributed by atoms with Crippen LogP contribution in [0.2, 0.25) is 0 Å². The summed E-state index contributed by atoms with van der Waals surface area (Å²) in [5, 5.41) is 2.77. The highest BCUT2D eigenvalue weighted by Crippen LogP contribution is 2.24. The van der Waals surface area contributed by atoms with Crippen molar-refractivity contribution in [3.8, 4) is 0 Å². The second-order valence-corrected chi connectivity index (χ2v) is 18.5. The largest absolute Gasteiger partial charge is 0.444 e. The van der Waals surface area contributed by atoms with E-state index in [-0.39, 0.29) is 49.8 Å². The summed E-state index contributed by atoms with van der Waals surface area (Å²) in [5.41, 5.74) is 6.45. The summed E-state index contributed by atoms with van der Waals surface area (Å²) >= 11 is 0. The monoisotopic (exact) mass is 774 g/mol. The third kappa shape index (κ3) is 9.48. The third-order valence-corrected chi connectivity index (χ3v) is 13.1. The van der Waals surface area contributed by atoms with Crippen molar-refractivity contribution in [2.45, 2.75) is 64.1 Å². The molecule has 4 aliphatic heterocycles. The van der Waals surface area contributed by atoms with E-state index in [1.165, 1.54) is 8.61 Å². The fourth-order valence-electron chi connectivity index (χ4n) is 6.46. The highest BCUT2D eigenvalue weighted by atomic mass is 32.2. The number of piperidine rings is 2. The van der Waals surface area contributed by atoms with Gasteiger partial charge >= 0.3 is 6.09 Å². The molecule has 5 amide bonds. The second-order valence-electron chi connectivity index (χ2n) is 14.3. The van der Waals surface area contributed by atoms with Crippen molar-refractivity contribution >= 4 is 49.8 Å². The van der Waals surface area contributed by atoms with Crippen LogP contribution in [0.15, 0.2) is 48.5 Å². The van der Waals surface area contributed by atoms with Gasteiger partial charge in [-0.2, -0.15) is 0 Å². The van der Waals surface area contributed by atoms with Gasteiger partial charge in [-0.3, -0.25) is 29.0 Å². The molecule has 0 unspecified atom stereocenters. The fourth-order valence-corrected chi connectivity index (χ4v) is 9.34. The zero-order valence-electron chi connectivity index (χ0n) is 30.0. The van der Waals surface area contributed by atoms with Crippen LogP contribution in [0.4, 0.5) is 4.79 Å². The number of amides is 5. The lowest BCUT2D eigenvalue weighted by Crippen LogP contribution is -2.48. The quantitative estimate of drug-likeness (QED) is 0.350. The summed E-state index contributed by atoms with van der Waals surface area (Å²) in [6.07, 6.45) is 1.67. The Bertz CT molecular complexity index is 1900. The van der Waals surface area contributed by atoms with E-state index in [1.54, 1.807) is 69.3 Å². The van der Waals surface area contributed by atoms with Crippen LogP contribution in [0.5, 0.6) is 0 Å². The summed E-state index contributed by atoms with van der Waals surface area (Å²) < 4.78 is 58.1. The zero-order valence-corrected chi connectivity index (χ0v) is 31.7. The number of carbonyl (C=O) groups is 5. The first-order valence-corrected chi connectivity index (χ1v) is 20.7. The molecule has 0 radical (unpaired) electrons. The number of sulfonamides is 2. The van der Waals surface area contributed by atoms with Gasteiger partial charge in [-0.05, 0) is 70.7 Å². The van der Waals surface area contributed by atoms with Gasteiger partial charge in [0.1, 0.15) is 5.60 Å². The van der Waals surface area contributed by atoms with E-state index in [4.69, 9.17) is 10.5 Å². The van der Waals surface area contributed by atoms with Crippen molar-refractivity contribution in [3.05, 3.63) is 70.8 Å². The van der Waals surface area contributed by atoms with Gasteiger partial charge in [0, 0.05) is 51.4 Å². The summed E-state index contributed by atoms with van der Waals surface area (Å²) in [7, 11) is -7.14. The Morgan fingerprint density at radius 1 is 0.679 bits per heavy atom. The minimum absolute atomic E-state index is 0.0395. The van der Waals surface area contributed by atoms with Crippen molar-refractivity contribution in [1.82, 2.24) is 23.7 Å². The third-order valence-electron chi connectivity index (χ3n) is 9.36. The Kier molecular flexibility index (Phi) is 12.1. The van der Waals surface area contributed by atoms with Gasteiger partial charge in [0.15, 0.2) is 0 Å². The van der Waals surface area contributed by atoms with Crippen LogP contribution in [0.3, 0.4) is 0 Å². The highest BCUT2D eigenvalue weighted by molar-refractivity contribution is 7.89. The van der Waals surface area contributed by atoms with Gasteiger partial charge in [-0.1, -0.05) is 24.3 Å². The summed E-state index contributed by atoms with van der Waals surface area (Å²) in [4.78, 5) is 63.1. The van der Waals surface area contributed by atoms with Crippen LogP contribution in [0.25, 0.3) is 0 Å². The summed E-state index contributed by atoms with van der Waals surface area (Å²) in [6, 6.07) is 12.9. The molecule has 3 N–H and O–H groups in total. The molecule has 0 saturated carbocycles. The van der Waals surface area contributed by atoms with Crippen LogP contribution < -0.4 is 11.1 Å². The van der Waals surface area contributed by atoms with Gasteiger partial charge in [0.05, 0.1) is 33.8 Å². The lowest BCUT2D eigenvalue weighted by molar-refractivity contribution is 0.0488. The SMILES string of the molecule is CC(C)(C)OC(=O)NC1CCN(S(=O)(=O)CCN2C(=O)c3ccccc3C2=O)CC1.NC1CCN(S(=O)(=O)CCN2C(=O)c3ccccc3C2=O)CC1. The van der Waals surface area contributed by atoms with Crippen molar-refractivity contribution in [1.29, 1.82) is 0 Å². The summed E-state index contributed by atoms with van der Waals surface area (Å²) in [5.74, 6) is -2.38. The van der Waals surface area contributed by atoms with Crippen LogP contribution in [-0.2, 0) is 24.8 Å². The number of nitrogens with two attached hydrogens (primary N) is 1.